The number of hydrogen-bond donors (Lipinski definition) is 1. The summed E-state index contributed by atoms with van der Waals surface area (Å²) in [4.78, 5) is 0. The Morgan fingerprint density at radius 1 is 1.15 bits per heavy atom. The lowest BCUT2D eigenvalue weighted by molar-refractivity contribution is 0.433. The summed E-state index contributed by atoms with van der Waals surface area (Å²) in [7, 11) is 0. The molecule has 0 saturated heterocycles. The fourth-order valence-corrected chi connectivity index (χ4v) is 4.33. The van der Waals surface area contributed by atoms with Gasteiger partial charge in [-0.3, -0.25) is 0 Å². The van der Waals surface area contributed by atoms with E-state index in [4.69, 9.17) is 0 Å². The van der Waals surface area contributed by atoms with Gasteiger partial charge in [0.1, 0.15) is 0 Å². The summed E-state index contributed by atoms with van der Waals surface area (Å²) in [5.74, 6) is 0.819. The van der Waals surface area contributed by atoms with Gasteiger partial charge in [0.25, 0.3) is 0 Å². The highest BCUT2D eigenvalue weighted by Gasteiger charge is 2.36. The van der Waals surface area contributed by atoms with Gasteiger partial charge in [-0.15, -0.1) is 0 Å². The summed E-state index contributed by atoms with van der Waals surface area (Å²) >= 11 is 0. The zero-order chi connectivity index (χ0) is 14.2. The molecule has 1 saturated carbocycles. The summed E-state index contributed by atoms with van der Waals surface area (Å²) in [6.07, 6.45) is 8.31. The molecule has 1 N–H and O–H groups in total. The minimum atomic E-state index is 0.327. The average molecular weight is 271 g/mol. The van der Waals surface area contributed by atoms with Crippen molar-refractivity contribution in [2.75, 3.05) is 6.54 Å². The van der Waals surface area contributed by atoms with Gasteiger partial charge >= 0.3 is 0 Å². The second kappa shape index (κ2) is 5.52. The second-order valence-electron chi connectivity index (χ2n) is 7.38. The molecule has 2 aliphatic carbocycles. The predicted molar refractivity (Wildman–Crippen MR) is 86.3 cm³/mol. The molecule has 3 rings (SSSR count). The molecular weight excluding hydrogens is 242 g/mol. The molecule has 1 heteroatoms. The van der Waals surface area contributed by atoms with Gasteiger partial charge in [0.2, 0.25) is 0 Å². The SMILES string of the molecule is CCNC1CC(C)(C)c2ccc(C3CCCCC3)cc21. The van der Waals surface area contributed by atoms with Crippen LogP contribution in [0.15, 0.2) is 18.2 Å². The van der Waals surface area contributed by atoms with Crippen molar-refractivity contribution in [2.45, 2.75) is 76.7 Å². The summed E-state index contributed by atoms with van der Waals surface area (Å²) in [6, 6.07) is 7.95. The van der Waals surface area contributed by atoms with E-state index in [0.29, 0.717) is 11.5 Å². The molecule has 0 bridgehead atoms. The lowest BCUT2D eigenvalue weighted by Crippen LogP contribution is -2.20. The van der Waals surface area contributed by atoms with Crippen molar-refractivity contribution in [3.8, 4) is 0 Å². The monoisotopic (exact) mass is 271 g/mol. The second-order valence-corrected chi connectivity index (χ2v) is 7.38. The van der Waals surface area contributed by atoms with Gasteiger partial charge in [0.15, 0.2) is 0 Å². The molecule has 0 spiro atoms. The van der Waals surface area contributed by atoms with E-state index in [1.54, 1.807) is 16.7 Å². The zero-order valence-electron chi connectivity index (χ0n) is 13.3. The highest BCUT2D eigenvalue weighted by molar-refractivity contribution is 5.44. The van der Waals surface area contributed by atoms with Gasteiger partial charge in [-0.25, -0.2) is 0 Å². The Hall–Kier alpha value is -0.820. The Balaban J connectivity index is 1.92. The quantitative estimate of drug-likeness (QED) is 0.809. The van der Waals surface area contributed by atoms with Gasteiger partial charge in [-0.1, -0.05) is 58.2 Å². The largest absolute Gasteiger partial charge is 0.310 e. The molecule has 1 fully saturated rings. The Morgan fingerprint density at radius 3 is 2.60 bits per heavy atom. The predicted octanol–water partition coefficient (Wildman–Crippen LogP) is 5.07. The Bertz CT molecular complexity index is 469. The molecule has 1 nitrogen and oxygen atoms in total. The van der Waals surface area contributed by atoms with Crippen LogP contribution in [0.3, 0.4) is 0 Å². The van der Waals surface area contributed by atoms with Crippen LogP contribution in [0.25, 0.3) is 0 Å². The summed E-state index contributed by atoms with van der Waals surface area (Å²) in [6.45, 7) is 8.07. The molecule has 2 aliphatic rings. The van der Waals surface area contributed by atoms with Crippen LogP contribution in [0.2, 0.25) is 0 Å². The summed E-state index contributed by atoms with van der Waals surface area (Å²) in [5.41, 5.74) is 5.08. The van der Waals surface area contributed by atoms with Gasteiger partial charge in [0, 0.05) is 6.04 Å². The van der Waals surface area contributed by atoms with Gasteiger partial charge in [0.05, 0.1) is 0 Å². The number of benzene rings is 1. The molecule has 110 valence electrons. The van der Waals surface area contributed by atoms with Gasteiger partial charge in [-0.05, 0) is 53.8 Å². The fourth-order valence-electron chi connectivity index (χ4n) is 4.33. The highest BCUT2D eigenvalue weighted by atomic mass is 14.9. The maximum atomic E-state index is 3.69. The van der Waals surface area contributed by atoms with Crippen LogP contribution < -0.4 is 5.32 Å². The van der Waals surface area contributed by atoms with Crippen LogP contribution in [-0.2, 0) is 5.41 Å². The van der Waals surface area contributed by atoms with Crippen LogP contribution in [0.1, 0.15) is 87.9 Å². The fraction of sp³-hybridized carbons (Fsp3) is 0.684. The first kappa shape index (κ1) is 14.1. The average Bonchev–Trinajstić information content (AvgIpc) is 2.71. The maximum absolute atomic E-state index is 3.69. The number of rotatable bonds is 3. The van der Waals surface area contributed by atoms with E-state index in [2.05, 4.69) is 44.3 Å². The summed E-state index contributed by atoms with van der Waals surface area (Å²) < 4.78 is 0. The first-order valence-corrected chi connectivity index (χ1v) is 8.49. The Labute approximate surface area is 124 Å². The minimum Gasteiger partial charge on any atom is -0.310 e. The lowest BCUT2D eigenvalue weighted by Gasteiger charge is -2.24. The molecule has 1 aromatic carbocycles. The molecule has 0 amide bonds. The maximum Gasteiger partial charge on any atom is 0.0331 e. The van der Waals surface area contributed by atoms with Crippen LogP contribution in [0, 0.1) is 0 Å². The van der Waals surface area contributed by atoms with Crippen molar-refractivity contribution in [1.82, 2.24) is 5.32 Å². The first-order chi connectivity index (χ1) is 9.62. The van der Waals surface area contributed by atoms with E-state index in [9.17, 15) is 0 Å². The van der Waals surface area contributed by atoms with Crippen LogP contribution in [0.4, 0.5) is 0 Å². The van der Waals surface area contributed by atoms with Crippen molar-refractivity contribution < 1.29 is 0 Å². The molecule has 0 heterocycles. The highest BCUT2D eigenvalue weighted by Crippen LogP contribution is 2.46. The van der Waals surface area contributed by atoms with E-state index in [0.717, 1.165) is 12.5 Å². The molecule has 1 aromatic rings. The standard InChI is InChI=1S/C19H29N/c1-4-20-18-13-19(2,3)17-11-10-15(12-16(17)18)14-8-6-5-7-9-14/h10-12,14,18,20H,4-9,13H2,1-3H3. The van der Waals surface area contributed by atoms with E-state index < -0.39 is 0 Å². The van der Waals surface area contributed by atoms with Crippen molar-refractivity contribution in [1.29, 1.82) is 0 Å². The molecule has 1 unspecified atom stereocenters. The number of fused-ring (bicyclic) bond motifs is 1. The number of nitrogens with one attached hydrogen (secondary N) is 1. The Kier molecular flexibility index (Phi) is 3.90. The third kappa shape index (κ3) is 2.53. The molecule has 20 heavy (non-hydrogen) atoms. The molecule has 0 aliphatic heterocycles. The summed E-state index contributed by atoms with van der Waals surface area (Å²) in [5, 5.41) is 3.69. The van der Waals surface area contributed by atoms with Crippen molar-refractivity contribution >= 4 is 0 Å². The third-order valence-corrected chi connectivity index (χ3v) is 5.42. The third-order valence-electron chi connectivity index (χ3n) is 5.42. The van der Waals surface area contributed by atoms with Gasteiger partial charge < -0.3 is 5.32 Å². The van der Waals surface area contributed by atoms with Crippen molar-refractivity contribution in [3.63, 3.8) is 0 Å². The van der Waals surface area contributed by atoms with Crippen LogP contribution in [0.5, 0.6) is 0 Å². The number of hydrogen-bond acceptors (Lipinski definition) is 1. The van der Waals surface area contributed by atoms with Crippen molar-refractivity contribution in [3.05, 3.63) is 34.9 Å². The molecule has 1 atom stereocenters. The van der Waals surface area contributed by atoms with Crippen molar-refractivity contribution in [2.24, 2.45) is 0 Å². The molecule has 0 aromatic heterocycles. The van der Waals surface area contributed by atoms with Gasteiger partial charge in [-0.2, -0.15) is 0 Å². The lowest BCUT2D eigenvalue weighted by atomic mass is 9.81. The smallest absolute Gasteiger partial charge is 0.0331 e. The molecular formula is C19H29N. The zero-order valence-corrected chi connectivity index (χ0v) is 13.3. The van der Waals surface area contributed by atoms with Crippen LogP contribution in [-0.4, -0.2) is 6.54 Å². The normalized spacial score (nSPS) is 25.6. The topological polar surface area (TPSA) is 12.0 Å². The van der Waals surface area contributed by atoms with E-state index >= 15 is 0 Å². The Morgan fingerprint density at radius 2 is 1.90 bits per heavy atom. The van der Waals surface area contributed by atoms with Crippen LogP contribution >= 0.6 is 0 Å². The van der Waals surface area contributed by atoms with E-state index in [-0.39, 0.29) is 0 Å². The minimum absolute atomic E-state index is 0.327. The first-order valence-electron chi connectivity index (χ1n) is 8.49. The molecule has 0 radical (unpaired) electrons. The van der Waals surface area contributed by atoms with E-state index in [1.165, 1.54) is 38.5 Å². The van der Waals surface area contributed by atoms with E-state index in [1.807, 2.05) is 0 Å².